The number of nitrogens with one attached hydrogen (secondary N) is 1. The van der Waals surface area contributed by atoms with Gasteiger partial charge in [-0.2, -0.15) is 0 Å². The summed E-state index contributed by atoms with van der Waals surface area (Å²) in [6.07, 6.45) is 0.849. The van der Waals surface area contributed by atoms with Gasteiger partial charge in [0.05, 0.1) is 17.7 Å². The molecule has 1 unspecified atom stereocenters. The van der Waals surface area contributed by atoms with E-state index in [1.807, 2.05) is 43.1 Å². The van der Waals surface area contributed by atoms with Crippen LogP contribution in [0.3, 0.4) is 0 Å². The zero-order valence-corrected chi connectivity index (χ0v) is 18.4. The summed E-state index contributed by atoms with van der Waals surface area (Å²) in [6, 6.07) is 11.8. The molecule has 8 heteroatoms. The van der Waals surface area contributed by atoms with Crippen molar-refractivity contribution in [2.75, 3.05) is 70.1 Å². The summed E-state index contributed by atoms with van der Waals surface area (Å²) in [5.41, 5.74) is 3.76. The molecule has 2 aromatic carbocycles. The number of hydrogen-bond acceptors (Lipinski definition) is 7. The lowest BCUT2D eigenvalue weighted by Gasteiger charge is -2.34. The van der Waals surface area contributed by atoms with Crippen LogP contribution in [0.1, 0.15) is 5.56 Å². The normalized spacial score (nSPS) is 15.7. The van der Waals surface area contributed by atoms with Gasteiger partial charge in [-0.1, -0.05) is 18.2 Å². The highest BCUT2D eigenvalue weighted by Crippen LogP contribution is 2.39. The van der Waals surface area contributed by atoms with E-state index in [1.54, 1.807) is 19.2 Å². The van der Waals surface area contributed by atoms with Gasteiger partial charge in [-0.15, -0.1) is 0 Å². The smallest absolute Gasteiger partial charge is 0.294 e. The van der Waals surface area contributed by atoms with Crippen LogP contribution in [0.15, 0.2) is 36.4 Å². The molecule has 0 aromatic heterocycles. The van der Waals surface area contributed by atoms with Crippen LogP contribution < -0.4 is 19.9 Å². The van der Waals surface area contributed by atoms with Crippen molar-refractivity contribution in [3.05, 3.63) is 52.1 Å². The van der Waals surface area contributed by atoms with Crippen LogP contribution in [0.25, 0.3) is 0 Å². The third kappa shape index (κ3) is 4.76. The molecule has 8 nitrogen and oxygen atoms in total. The number of fused-ring (bicyclic) bond motifs is 1. The molecular weight excluding hydrogens is 382 g/mol. The molecule has 162 valence electrons. The summed E-state index contributed by atoms with van der Waals surface area (Å²) >= 11 is 0. The molecule has 0 saturated carbocycles. The molecule has 0 aliphatic carbocycles. The van der Waals surface area contributed by atoms with Gasteiger partial charge in [0.25, 0.3) is 5.69 Å². The fourth-order valence-electron chi connectivity index (χ4n) is 3.89. The van der Waals surface area contributed by atoms with Crippen LogP contribution in [-0.2, 0) is 6.42 Å². The summed E-state index contributed by atoms with van der Waals surface area (Å²) in [6.45, 7) is 2.27. The highest BCUT2D eigenvalue weighted by atomic mass is 16.6. The van der Waals surface area contributed by atoms with Crippen molar-refractivity contribution in [1.82, 2.24) is 4.90 Å². The summed E-state index contributed by atoms with van der Waals surface area (Å²) < 4.78 is 5.60. The van der Waals surface area contributed by atoms with E-state index in [-0.39, 0.29) is 16.7 Å². The van der Waals surface area contributed by atoms with E-state index in [0.717, 1.165) is 19.5 Å². The highest BCUT2D eigenvalue weighted by molar-refractivity contribution is 5.75. The Hall–Kier alpha value is -3.00. The second-order valence-electron chi connectivity index (χ2n) is 8.08. The molecule has 2 aromatic rings. The fraction of sp³-hybridized carbons (Fsp3) is 0.455. The number of methoxy groups -OCH3 is 1. The number of nitro benzene ring substituents is 1. The quantitative estimate of drug-likeness (QED) is 0.527. The van der Waals surface area contributed by atoms with Gasteiger partial charge >= 0.3 is 0 Å². The number of nitrogens with zero attached hydrogens (tertiary/aromatic N) is 4. The molecule has 1 aliphatic rings. The lowest BCUT2D eigenvalue weighted by molar-refractivity contribution is -0.384. The standard InChI is InChI=1S/C22H31N5O3/c1-24(2)10-11-25(3)20-14-22(30-5)18(13-21(20)27(28)29)23-17-12-16-8-6-7-9-19(16)26(4)15-17/h6-9,13-14,17,23H,10-12,15H2,1-5H3. The minimum atomic E-state index is -0.325. The first kappa shape index (κ1) is 21.7. The summed E-state index contributed by atoms with van der Waals surface area (Å²) in [5.74, 6) is 0.605. The Morgan fingerprint density at radius 1 is 1.23 bits per heavy atom. The molecule has 0 spiro atoms. The third-order valence-electron chi connectivity index (χ3n) is 5.51. The molecule has 0 radical (unpaired) electrons. The zero-order valence-electron chi connectivity index (χ0n) is 18.4. The van der Waals surface area contributed by atoms with Crippen molar-refractivity contribution < 1.29 is 9.66 Å². The molecular formula is C22H31N5O3. The Labute approximate surface area is 178 Å². The molecule has 0 saturated heterocycles. The van der Waals surface area contributed by atoms with Gasteiger partial charge in [0.15, 0.2) is 0 Å². The van der Waals surface area contributed by atoms with Crippen molar-refractivity contribution in [2.45, 2.75) is 12.5 Å². The van der Waals surface area contributed by atoms with Crippen molar-refractivity contribution in [3.8, 4) is 5.75 Å². The molecule has 0 amide bonds. The van der Waals surface area contributed by atoms with Gasteiger partial charge in [0.1, 0.15) is 11.4 Å². The SMILES string of the molecule is COc1cc(N(C)CCN(C)C)c([N+](=O)[O-])cc1NC1Cc2ccccc2N(C)C1. The van der Waals surface area contributed by atoms with E-state index in [1.165, 1.54) is 11.3 Å². The fourth-order valence-corrected chi connectivity index (χ4v) is 3.89. The molecule has 1 heterocycles. The van der Waals surface area contributed by atoms with Crippen LogP contribution >= 0.6 is 0 Å². The van der Waals surface area contributed by atoms with Crippen LogP contribution in [0.2, 0.25) is 0 Å². The van der Waals surface area contributed by atoms with Crippen LogP contribution in [0.4, 0.5) is 22.7 Å². The van der Waals surface area contributed by atoms with Crippen LogP contribution in [-0.4, -0.2) is 70.8 Å². The maximum absolute atomic E-state index is 11.8. The molecule has 0 fully saturated rings. The van der Waals surface area contributed by atoms with E-state index in [2.05, 4.69) is 29.4 Å². The number of likely N-dealkylation sites (N-methyl/N-ethyl adjacent to an activating group) is 3. The van der Waals surface area contributed by atoms with Gasteiger partial charge in [-0.25, -0.2) is 0 Å². The molecule has 1 atom stereocenters. The lowest BCUT2D eigenvalue weighted by atomic mass is 9.98. The average molecular weight is 414 g/mol. The summed E-state index contributed by atoms with van der Waals surface area (Å²) in [7, 11) is 9.49. The van der Waals surface area contributed by atoms with Gasteiger partial charge < -0.3 is 24.8 Å². The van der Waals surface area contributed by atoms with Crippen molar-refractivity contribution in [3.63, 3.8) is 0 Å². The first-order valence-corrected chi connectivity index (χ1v) is 10.1. The largest absolute Gasteiger partial charge is 0.495 e. The van der Waals surface area contributed by atoms with Gasteiger partial charge in [0, 0.05) is 57.6 Å². The van der Waals surface area contributed by atoms with Gasteiger partial charge in [-0.05, 0) is 32.1 Å². The van der Waals surface area contributed by atoms with E-state index in [9.17, 15) is 10.1 Å². The minimum Gasteiger partial charge on any atom is -0.495 e. The Kier molecular flexibility index (Phi) is 6.66. The summed E-state index contributed by atoms with van der Waals surface area (Å²) in [5, 5.41) is 15.3. The number of benzene rings is 2. The molecule has 30 heavy (non-hydrogen) atoms. The molecule has 1 aliphatic heterocycles. The maximum Gasteiger partial charge on any atom is 0.294 e. The topological polar surface area (TPSA) is 74.1 Å². The van der Waals surface area contributed by atoms with Crippen LogP contribution in [0, 0.1) is 10.1 Å². The van der Waals surface area contributed by atoms with Crippen molar-refractivity contribution >= 4 is 22.7 Å². The predicted molar refractivity (Wildman–Crippen MR) is 122 cm³/mol. The van der Waals surface area contributed by atoms with E-state index in [4.69, 9.17) is 4.74 Å². The Morgan fingerprint density at radius 2 is 1.97 bits per heavy atom. The number of ether oxygens (including phenoxy) is 1. The Balaban J connectivity index is 1.88. The molecule has 1 N–H and O–H groups in total. The first-order chi connectivity index (χ1) is 14.3. The number of rotatable bonds is 8. The van der Waals surface area contributed by atoms with Gasteiger partial charge in [0.2, 0.25) is 0 Å². The van der Waals surface area contributed by atoms with Crippen molar-refractivity contribution in [1.29, 1.82) is 0 Å². The number of anilines is 3. The molecule has 0 bridgehead atoms. The number of hydrogen-bond donors (Lipinski definition) is 1. The first-order valence-electron chi connectivity index (χ1n) is 10.1. The second kappa shape index (κ2) is 9.21. The number of para-hydroxylation sites is 1. The highest BCUT2D eigenvalue weighted by Gasteiger charge is 2.26. The molecule has 3 rings (SSSR count). The maximum atomic E-state index is 11.8. The third-order valence-corrected chi connectivity index (χ3v) is 5.51. The Morgan fingerprint density at radius 3 is 2.63 bits per heavy atom. The minimum absolute atomic E-state index is 0.0733. The van der Waals surface area contributed by atoms with E-state index >= 15 is 0 Å². The van der Waals surface area contributed by atoms with Gasteiger partial charge in [-0.3, -0.25) is 10.1 Å². The van der Waals surface area contributed by atoms with Crippen LogP contribution in [0.5, 0.6) is 5.75 Å². The van der Waals surface area contributed by atoms with E-state index in [0.29, 0.717) is 23.7 Å². The second-order valence-corrected chi connectivity index (χ2v) is 8.08. The predicted octanol–water partition coefficient (Wildman–Crippen LogP) is 3.07. The zero-order chi connectivity index (χ0) is 21.8. The van der Waals surface area contributed by atoms with E-state index < -0.39 is 0 Å². The van der Waals surface area contributed by atoms with Crippen molar-refractivity contribution in [2.24, 2.45) is 0 Å². The summed E-state index contributed by atoms with van der Waals surface area (Å²) in [4.78, 5) is 17.6. The average Bonchev–Trinajstić information content (AvgIpc) is 2.71. The lowest BCUT2D eigenvalue weighted by Crippen LogP contribution is -2.40. The monoisotopic (exact) mass is 413 g/mol. The number of nitro groups is 1. The Bertz CT molecular complexity index is 902.